The number of esters is 1. The number of carbonyl (C=O) groups is 4. The SMILES string of the molecule is CCCCCCCN(C(=O)C(NC(=O)OC(C)(C)C)C(C)CC)C(C(=O)NCCC(=O)OCC)c1cccc(C)c1. The number of alkyl carbamates (subject to hydrolysis) is 1. The van der Waals surface area contributed by atoms with Crippen molar-refractivity contribution in [3.63, 3.8) is 0 Å². The van der Waals surface area contributed by atoms with Gasteiger partial charge in [-0.15, -0.1) is 0 Å². The first-order valence-corrected chi connectivity index (χ1v) is 15.1. The van der Waals surface area contributed by atoms with Crippen LogP contribution in [0.25, 0.3) is 0 Å². The number of benzene rings is 1. The summed E-state index contributed by atoms with van der Waals surface area (Å²) in [5, 5.41) is 5.64. The third-order valence-corrected chi connectivity index (χ3v) is 6.79. The first kappa shape index (κ1) is 35.9. The molecule has 0 spiro atoms. The maximum absolute atomic E-state index is 14.3. The van der Waals surface area contributed by atoms with Crippen LogP contribution >= 0.6 is 0 Å². The lowest BCUT2D eigenvalue weighted by molar-refractivity contribution is -0.145. The fourth-order valence-corrected chi connectivity index (χ4v) is 4.48. The number of aryl methyl sites for hydroxylation is 1. The number of ether oxygens (including phenoxy) is 2. The lowest BCUT2D eigenvalue weighted by Gasteiger charge is -2.36. The molecule has 0 saturated heterocycles. The van der Waals surface area contributed by atoms with Crippen molar-refractivity contribution in [2.24, 2.45) is 5.92 Å². The molecular weight excluding hydrogens is 522 g/mol. The second kappa shape index (κ2) is 18.4. The van der Waals surface area contributed by atoms with E-state index in [1.807, 2.05) is 45.0 Å². The predicted octanol–water partition coefficient (Wildman–Crippen LogP) is 5.84. The summed E-state index contributed by atoms with van der Waals surface area (Å²) in [4.78, 5) is 54.4. The van der Waals surface area contributed by atoms with Gasteiger partial charge in [-0.25, -0.2) is 4.79 Å². The Labute approximate surface area is 247 Å². The molecule has 0 saturated carbocycles. The molecule has 3 amide bonds. The summed E-state index contributed by atoms with van der Waals surface area (Å²) < 4.78 is 10.5. The molecule has 41 heavy (non-hydrogen) atoms. The van der Waals surface area contributed by atoms with Crippen LogP contribution in [0, 0.1) is 12.8 Å². The fourth-order valence-electron chi connectivity index (χ4n) is 4.48. The van der Waals surface area contributed by atoms with Crippen molar-refractivity contribution in [1.82, 2.24) is 15.5 Å². The topological polar surface area (TPSA) is 114 Å². The maximum Gasteiger partial charge on any atom is 0.408 e. The molecule has 0 fully saturated rings. The largest absolute Gasteiger partial charge is 0.466 e. The highest BCUT2D eigenvalue weighted by Gasteiger charge is 2.38. The lowest BCUT2D eigenvalue weighted by atomic mass is 9.95. The van der Waals surface area contributed by atoms with Crippen LogP contribution in [0.1, 0.15) is 111 Å². The van der Waals surface area contributed by atoms with Crippen LogP contribution < -0.4 is 10.6 Å². The Morgan fingerprint density at radius 2 is 1.68 bits per heavy atom. The highest BCUT2D eigenvalue weighted by Crippen LogP contribution is 2.26. The maximum atomic E-state index is 14.3. The predicted molar refractivity (Wildman–Crippen MR) is 161 cm³/mol. The van der Waals surface area contributed by atoms with Gasteiger partial charge in [0.2, 0.25) is 11.8 Å². The summed E-state index contributed by atoms with van der Waals surface area (Å²) in [5.74, 6) is -1.33. The van der Waals surface area contributed by atoms with Gasteiger partial charge in [0.05, 0.1) is 13.0 Å². The second-order valence-corrected chi connectivity index (χ2v) is 11.6. The molecule has 1 aromatic rings. The van der Waals surface area contributed by atoms with Crippen molar-refractivity contribution in [3.8, 4) is 0 Å². The molecular formula is C32H53N3O6. The fraction of sp³-hybridized carbons (Fsp3) is 0.688. The number of unbranched alkanes of at least 4 members (excludes halogenated alkanes) is 4. The molecule has 0 aromatic heterocycles. The summed E-state index contributed by atoms with van der Waals surface area (Å²) in [5.41, 5.74) is 0.892. The number of hydrogen-bond donors (Lipinski definition) is 2. The molecule has 0 radical (unpaired) electrons. The van der Waals surface area contributed by atoms with Crippen LogP contribution in [0.3, 0.4) is 0 Å². The Balaban J connectivity index is 3.45. The average Bonchev–Trinajstić information content (AvgIpc) is 2.89. The van der Waals surface area contributed by atoms with Gasteiger partial charge in [0, 0.05) is 13.1 Å². The standard InChI is InChI=1S/C32H53N3O6/c1-9-12-13-14-15-21-35(30(38)27(24(5)10-2)34-31(39)41-32(6,7)8)28(25-18-16-17-23(4)22-25)29(37)33-20-19-26(36)40-11-3/h16-18,22,24,27-28H,9-15,19-21H2,1-8H3,(H,33,37)(H,34,39). The summed E-state index contributed by atoms with van der Waals surface area (Å²) in [6.45, 7) is 15.7. The number of nitrogens with one attached hydrogen (secondary N) is 2. The number of carbonyl (C=O) groups excluding carboxylic acids is 4. The minimum Gasteiger partial charge on any atom is -0.466 e. The van der Waals surface area contributed by atoms with Crippen molar-refractivity contribution in [3.05, 3.63) is 35.4 Å². The minimum atomic E-state index is -0.942. The van der Waals surface area contributed by atoms with Gasteiger partial charge in [-0.1, -0.05) is 82.7 Å². The zero-order chi connectivity index (χ0) is 31.0. The van der Waals surface area contributed by atoms with Gasteiger partial charge in [0.1, 0.15) is 17.7 Å². The van der Waals surface area contributed by atoms with Crippen molar-refractivity contribution < 1.29 is 28.7 Å². The van der Waals surface area contributed by atoms with Crippen LogP contribution in [0.5, 0.6) is 0 Å². The molecule has 0 aliphatic heterocycles. The van der Waals surface area contributed by atoms with Gasteiger partial charge in [-0.2, -0.15) is 0 Å². The first-order valence-electron chi connectivity index (χ1n) is 15.1. The summed E-state index contributed by atoms with van der Waals surface area (Å²) in [6.07, 6.45) is 4.83. The average molecular weight is 576 g/mol. The van der Waals surface area contributed by atoms with E-state index in [0.717, 1.165) is 31.2 Å². The molecule has 3 atom stereocenters. The molecule has 1 aromatic carbocycles. The van der Waals surface area contributed by atoms with Crippen molar-refractivity contribution in [1.29, 1.82) is 0 Å². The van der Waals surface area contributed by atoms with E-state index in [2.05, 4.69) is 17.6 Å². The van der Waals surface area contributed by atoms with E-state index < -0.39 is 29.7 Å². The molecule has 232 valence electrons. The van der Waals surface area contributed by atoms with Crippen molar-refractivity contribution in [2.75, 3.05) is 19.7 Å². The van der Waals surface area contributed by atoms with E-state index in [9.17, 15) is 19.2 Å². The van der Waals surface area contributed by atoms with Gasteiger partial charge < -0.3 is 25.0 Å². The van der Waals surface area contributed by atoms with E-state index in [4.69, 9.17) is 9.47 Å². The van der Waals surface area contributed by atoms with Crippen LogP contribution in [-0.2, 0) is 23.9 Å². The number of amides is 3. The lowest BCUT2D eigenvalue weighted by Crippen LogP contribution is -2.55. The molecule has 1 rings (SSSR count). The van der Waals surface area contributed by atoms with Crippen molar-refractivity contribution >= 4 is 23.9 Å². The van der Waals surface area contributed by atoms with Gasteiger partial charge in [0.25, 0.3) is 0 Å². The van der Waals surface area contributed by atoms with Gasteiger partial charge >= 0.3 is 12.1 Å². The molecule has 0 aliphatic carbocycles. The molecule has 0 heterocycles. The van der Waals surface area contributed by atoms with Crippen LogP contribution in [0.4, 0.5) is 4.79 Å². The molecule has 9 nitrogen and oxygen atoms in total. The summed E-state index contributed by atoms with van der Waals surface area (Å²) in [7, 11) is 0. The quantitative estimate of drug-likeness (QED) is 0.178. The Hall–Kier alpha value is -3.10. The first-order chi connectivity index (χ1) is 19.3. The Kier molecular flexibility index (Phi) is 16.1. The molecule has 0 bridgehead atoms. The third kappa shape index (κ3) is 13.4. The summed E-state index contributed by atoms with van der Waals surface area (Å²) in [6, 6.07) is 5.69. The normalized spacial score (nSPS) is 13.5. The van der Waals surface area contributed by atoms with Gasteiger partial charge in [-0.3, -0.25) is 14.4 Å². The molecule has 0 aliphatic rings. The summed E-state index contributed by atoms with van der Waals surface area (Å²) >= 11 is 0. The van der Waals surface area contributed by atoms with Crippen LogP contribution in [-0.4, -0.2) is 60.1 Å². The van der Waals surface area contributed by atoms with E-state index in [1.165, 1.54) is 0 Å². The third-order valence-electron chi connectivity index (χ3n) is 6.79. The molecule has 3 unspecified atom stereocenters. The van der Waals surface area contributed by atoms with Gasteiger partial charge in [-0.05, 0) is 52.5 Å². The molecule has 2 N–H and O–H groups in total. The number of rotatable bonds is 17. The van der Waals surface area contributed by atoms with E-state index in [-0.39, 0.29) is 37.3 Å². The number of nitrogens with zero attached hydrogens (tertiary/aromatic N) is 1. The zero-order valence-corrected chi connectivity index (χ0v) is 26.5. The Bertz CT molecular complexity index is 974. The zero-order valence-electron chi connectivity index (χ0n) is 26.5. The van der Waals surface area contributed by atoms with Gasteiger partial charge in [0.15, 0.2) is 0 Å². The van der Waals surface area contributed by atoms with E-state index in [1.54, 1.807) is 32.6 Å². The number of hydrogen-bond acceptors (Lipinski definition) is 6. The highest BCUT2D eigenvalue weighted by atomic mass is 16.6. The molecule has 9 heteroatoms. The van der Waals surface area contributed by atoms with E-state index >= 15 is 0 Å². The van der Waals surface area contributed by atoms with Crippen LogP contribution in [0.15, 0.2) is 24.3 Å². The Morgan fingerprint density at radius 1 is 1.00 bits per heavy atom. The smallest absolute Gasteiger partial charge is 0.408 e. The van der Waals surface area contributed by atoms with E-state index in [0.29, 0.717) is 24.9 Å². The Morgan fingerprint density at radius 3 is 2.27 bits per heavy atom. The highest BCUT2D eigenvalue weighted by molar-refractivity contribution is 5.92. The monoisotopic (exact) mass is 575 g/mol. The van der Waals surface area contributed by atoms with Crippen molar-refractivity contribution in [2.45, 2.75) is 118 Å². The van der Waals surface area contributed by atoms with Crippen LogP contribution in [0.2, 0.25) is 0 Å². The second-order valence-electron chi connectivity index (χ2n) is 11.6. The minimum absolute atomic E-state index is 0.0285.